The van der Waals surface area contributed by atoms with Crippen molar-refractivity contribution in [1.29, 1.82) is 0 Å². The SMILES string of the molecule is CCN(C(=O)NC1CCOC(C)(C)C1)C(C)CC(=O)O. The molecule has 1 saturated heterocycles. The molecule has 1 aliphatic heterocycles. The van der Waals surface area contributed by atoms with Crippen LogP contribution in [-0.4, -0.2) is 52.8 Å². The first kappa shape index (κ1) is 16.8. The molecule has 0 aliphatic carbocycles. The van der Waals surface area contributed by atoms with Gasteiger partial charge in [-0.2, -0.15) is 0 Å². The summed E-state index contributed by atoms with van der Waals surface area (Å²) in [5, 5.41) is 11.8. The second-order valence-electron chi connectivity index (χ2n) is 5.98. The molecule has 6 nitrogen and oxygen atoms in total. The van der Waals surface area contributed by atoms with Crippen LogP contribution in [0.1, 0.15) is 47.0 Å². The van der Waals surface area contributed by atoms with Crippen molar-refractivity contribution in [1.82, 2.24) is 10.2 Å². The van der Waals surface area contributed by atoms with Gasteiger partial charge in [0, 0.05) is 25.2 Å². The van der Waals surface area contributed by atoms with Crippen molar-refractivity contribution >= 4 is 12.0 Å². The van der Waals surface area contributed by atoms with Gasteiger partial charge in [-0.25, -0.2) is 4.79 Å². The minimum atomic E-state index is -0.893. The van der Waals surface area contributed by atoms with Crippen molar-refractivity contribution in [2.24, 2.45) is 0 Å². The molecule has 2 N–H and O–H groups in total. The lowest BCUT2D eigenvalue weighted by atomic mass is 9.94. The molecule has 2 atom stereocenters. The average Bonchev–Trinajstić information content (AvgIpc) is 2.26. The summed E-state index contributed by atoms with van der Waals surface area (Å²) in [6.45, 7) is 8.75. The highest BCUT2D eigenvalue weighted by Crippen LogP contribution is 2.24. The molecule has 1 aliphatic rings. The molecule has 2 amide bonds. The fraction of sp³-hybridized carbons (Fsp3) is 0.857. The number of carbonyl (C=O) groups is 2. The quantitative estimate of drug-likeness (QED) is 0.808. The Morgan fingerprint density at radius 2 is 2.15 bits per heavy atom. The van der Waals surface area contributed by atoms with Gasteiger partial charge in [-0.1, -0.05) is 0 Å². The summed E-state index contributed by atoms with van der Waals surface area (Å²) in [5.74, 6) is -0.893. The second-order valence-corrected chi connectivity index (χ2v) is 5.98. The van der Waals surface area contributed by atoms with E-state index in [1.54, 1.807) is 11.8 Å². The van der Waals surface area contributed by atoms with E-state index in [2.05, 4.69) is 5.32 Å². The van der Waals surface area contributed by atoms with E-state index in [1.165, 1.54) is 0 Å². The van der Waals surface area contributed by atoms with Gasteiger partial charge in [0.25, 0.3) is 0 Å². The van der Waals surface area contributed by atoms with Crippen LogP contribution in [0, 0.1) is 0 Å². The van der Waals surface area contributed by atoms with Gasteiger partial charge in [0.15, 0.2) is 0 Å². The van der Waals surface area contributed by atoms with E-state index in [0.29, 0.717) is 13.2 Å². The molecular formula is C14H26N2O4. The van der Waals surface area contributed by atoms with E-state index in [1.807, 2.05) is 20.8 Å². The zero-order chi connectivity index (χ0) is 15.3. The van der Waals surface area contributed by atoms with Crippen LogP contribution in [0.3, 0.4) is 0 Å². The van der Waals surface area contributed by atoms with E-state index in [9.17, 15) is 9.59 Å². The molecule has 1 fully saturated rings. The molecule has 1 heterocycles. The Labute approximate surface area is 120 Å². The third kappa shape index (κ3) is 5.00. The minimum absolute atomic E-state index is 0.0411. The topological polar surface area (TPSA) is 78.9 Å². The summed E-state index contributed by atoms with van der Waals surface area (Å²) in [6.07, 6.45) is 1.52. The van der Waals surface area contributed by atoms with E-state index < -0.39 is 5.97 Å². The summed E-state index contributed by atoms with van der Waals surface area (Å²) in [6, 6.07) is -0.424. The molecule has 1 rings (SSSR count). The number of urea groups is 1. The second kappa shape index (κ2) is 6.92. The van der Waals surface area contributed by atoms with Crippen molar-refractivity contribution in [3.8, 4) is 0 Å². The third-order valence-electron chi connectivity index (χ3n) is 3.63. The molecule has 0 bridgehead atoms. The lowest BCUT2D eigenvalue weighted by molar-refractivity contribution is -0.138. The van der Waals surface area contributed by atoms with Crippen LogP contribution >= 0.6 is 0 Å². The van der Waals surface area contributed by atoms with Gasteiger partial charge in [0.05, 0.1) is 12.0 Å². The lowest BCUT2D eigenvalue weighted by Crippen LogP contribution is -2.52. The fourth-order valence-corrected chi connectivity index (χ4v) is 2.63. The maximum Gasteiger partial charge on any atom is 0.317 e. The first-order valence-electron chi connectivity index (χ1n) is 7.18. The average molecular weight is 286 g/mol. The number of rotatable bonds is 5. The van der Waals surface area contributed by atoms with Crippen molar-refractivity contribution in [2.75, 3.05) is 13.2 Å². The van der Waals surface area contributed by atoms with Crippen LogP contribution in [0.25, 0.3) is 0 Å². The predicted molar refractivity (Wildman–Crippen MR) is 75.7 cm³/mol. The molecule has 0 aromatic heterocycles. The molecule has 0 saturated carbocycles. The maximum absolute atomic E-state index is 12.3. The number of amides is 2. The predicted octanol–water partition coefficient (Wildman–Crippen LogP) is 1.84. The number of carboxylic acid groups (broad SMARTS) is 1. The van der Waals surface area contributed by atoms with Crippen LogP contribution in [0.4, 0.5) is 4.79 Å². The molecule has 20 heavy (non-hydrogen) atoms. The Hall–Kier alpha value is -1.30. The molecule has 0 aromatic rings. The number of aliphatic carboxylic acids is 1. The number of nitrogens with one attached hydrogen (secondary N) is 1. The van der Waals surface area contributed by atoms with Gasteiger partial charge in [-0.3, -0.25) is 4.79 Å². The maximum atomic E-state index is 12.3. The number of ether oxygens (including phenoxy) is 1. The Morgan fingerprint density at radius 1 is 1.50 bits per heavy atom. The molecule has 0 aromatic carbocycles. The monoisotopic (exact) mass is 286 g/mol. The highest BCUT2D eigenvalue weighted by Gasteiger charge is 2.31. The molecule has 6 heteroatoms. The van der Waals surface area contributed by atoms with Gasteiger partial charge in [-0.05, 0) is 40.5 Å². The highest BCUT2D eigenvalue weighted by atomic mass is 16.5. The lowest BCUT2D eigenvalue weighted by Gasteiger charge is -2.37. The first-order chi connectivity index (χ1) is 9.25. The largest absolute Gasteiger partial charge is 0.481 e. The molecule has 116 valence electrons. The Kier molecular flexibility index (Phi) is 5.80. The number of carbonyl (C=O) groups excluding carboxylic acids is 1. The van der Waals surface area contributed by atoms with Crippen molar-refractivity contribution in [2.45, 2.75) is 64.6 Å². The minimum Gasteiger partial charge on any atom is -0.481 e. The number of hydrogen-bond donors (Lipinski definition) is 2. The summed E-state index contributed by atoms with van der Waals surface area (Å²) in [5.41, 5.74) is -0.222. The van der Waals surface area contributed by atoms with Crippen LogP contribution < -0.4 is 5.32 Å². The van der Waals surface area contributed by atoms with E-state index in [0.717, 1.165) is 12.8 Å². The molecule has 2 unspecified atom stereocenters. The first-order valence-corrected chi connectivity index (χ1v) is 7.18. The van der Waals surface area contributed by atoms with Gasteiger partial charge in [-0.15, -0.1) is 0 Å². The van der Waals surface area contributed by atoms with Crippen LogP contribution in [0.15, 0.2) is 0 Å². The van der Waals surface area contributed by atoms with E-state index in [-0.39, 0.29) is 30.1 Å². The molecule has 0 spiro atoms. The van der Waals surface area contributed by atoms with Crippen LogP contribution in [0.5, 0.6) is 0 Å². The smallest absolute Gasteiger partial charge is 0.317 e. The normalized spacial score (nSPS) is 22.9. The van der Waals surface area contributed by atoms with Crippen molar-refractivity contribution in [3.05, 3.63) is 0 Å². The summed E-state index contributed by atoms with van der Waals surface area (Å²) in [7, 11) is 0. The molecular weight excluding hydrogens is 260 g/mol. The molecule has 0 radical (unpaired) electrons. The zero-order valence-corrected chi connectivity index (χ0v) is 12.8. The van der Waals surface area contributed by atoms with E-state index >= 15 is 0 Å². The van der Waals surface area contributed by atoms with Crippen molar-refractivity contribution < 1.29 is 19.4 Å². The Morgan fingerprint density at radius 3 is 2.65 bits per heavy atom. The number of carboxylic acids is 1. The van der Waals surface area contributed by atoms with Gasteiger partial charge in [0.2, 0.25) is 0 Å². The number of nitrogens with zero attached hydrogens (tertiary/aromatic N) is 1. The van der Waals surface area contributed by atoms with Gasteiger partial charge < -0.3 is 20.1 Å². The van der Waals surface area contributed by atoms with Gasteiger partial charge >= 0.3 is 12.0 Å². The van der Waals surface area contributed by atoms with Gasteiger partial charge in [0.1, 0.15) is 0 Å². The summed E-state index contributed by atoms with van der Waals surface area (Å²) < 4.78 is 5.62. The van der Waals surface area contributed by atoms with Crippen LogP contribution in [0.2, 0.25) is 0 Å². The van der Waals surface area contributed by atoms with E-state index in [4.69, 9.17) is 9.84 Å². The van der Waals surface area contributed by atoms with Crippen molar-refractivity contribution in [3.63, 3.8) is 0 Å². The Bertz CT molecular complexity index is 357. The summed E-state index contributed by atoms with van der Waals surface area (Å²) >= 11 is 0. The summed E-state index contributed by atoms with van der Waals surface area (Å²) in [4.78, 5) is 24.6. The zero-order valence-electron chi connectivity index (χ0n) is 12.8. The third-order valence-corrected chi connectivity index (χ3v) is 3.63. The Balaban J connectivity index is 2.56. The van der Waals surface area contributed by atoms with Crippen LogP contribution in [-0.2, 0) is 9.53 Å². The highest BCUT2D eigenvalue weighted by molar-refractivity contribution is 5.76. The standard InChI is InChI=1S/C14H26N2O4/c1-5-16(10(2)8-12(17)18)13(19)15-11-6-7-20-14(3,4)9-11/h10-11H,5-9H2,1-4H3,(H,15,19)(H,17,18). The number of hydrogen-bond acceptors (Lipinski definition) is 3. The fourth-order valence-electron chi connectivity index (χ4n) is 2.63.